The normalized spacial score (nSPS) is 13.3. The number of aromatic nitrogens is 2. The summed E-state index contributed by atoms with van der Waals surface area (Å²) in [7, 11) is -3.04. The lowest BCUT2D eigenvalue weighted by atomic mass is 10.0. The lowest BCUT2D eigenvalue weighted by molar-refractivity contribution is 0.306. The molecule has 1 aromatic heterocycles. The molecule has 1 unspecified atom stereocenters. The quantitative estimate of drug-likeness (QED) is 0.450. The van der Waals surface area contributed by atoms with Gasteiger partial charge in [0.05, 0.1) is 24.5 Å². The molecule has 0 spiro atoms. The molecule has 0 saturated carbocycles. The lowest BCUT2D eigenvalue weighted by Gasteiger charge is -2.10. The molecule has 30 heavy (non-hydrogen) atoms. The summed E-state index contributed by atoms with van der Waals surface area (Å²) in [4.78, 5) is 0. The molecule has 3 aromatic carbocycles. The largest absolute Gasteiger partial charge is 0.615 e. The highest BCUT2D eigenvalue weighted by Crippen LogP contribution is 2.29. The van der Waals surface area contributed by atoms with E-state index in [0.717, 1.165) is 27.6 Å². The number of hydrogen-bond acceptors (Lipinski definition) is 5. The summed E-state index contributed by atoms with van der Waals surface area (Å²) in [5.41, 5.74) is 3.56. The molecule has 154 valence electrons. The van der Waals surface area contributed by atoms with Crippen LogP contribution < -0.4 is 4.74 Å². The molecule has 1 N–H and O–H groups in total. The molecule has 1 atom stereocenters. The first-order valence-electron chi connectivity index (χ1n) is 9.52. The number of aromatic hydroxyl groups is 1. The monoisotopic (exact) mass is 422 g/mol. The number of aryl methyl sites for hydroxylation is 1. The first-order valence-corrected chi connectivity index (χ1v) is 11.6. The number of phenolic OH excluding ortho intramolecular Hbond substituents is 1. The summed E-state index contributed by atoms with van der Waals surface area (Å²) < 4.78 is 30.4. The van der Waals surface area contributed by atoms with Gasteiger partial charge in [-0.25, -0.2) is 0 Å². The SMILES string of the molecule is C[S+](=O)([O-])CCn1ncc2cc(OCc3cccc(-c4ccccc4O)c3)ccc21. The van der Waals surface area contributed by atoms with Crippen LogP contribution in [0.4, 0.5) is 0 Å². The number of ether oxygens (including phenoxy) is 1. The minimum absolute atomic E-state index is 0.0509. The molecule has 7 heteroatoms. The predicted octanol–water partition coefficient (Wildman–Crippen LogP) is 4.25. The van der Waals surface area contributed by atoms with Gasteiger partial charge in [-0.2, -0.15) is 5.10 Å². The first-order chi connectivity index (χ1) is 14.4. The van der Waals surface area contributed by atoms with Crippen molar-refractivity contribution in [3.63, 3.8) is 0 Å². The van der Waals surface area contributed by atoms with E-state index in [4.69, 9.17) is 4.74 Å². The average Bonchev–Trinajstić information content (AvgIpc) is 3.13. The predicted molar refractivity (Wildman–Crippen MR) is 117 cm³/mol. The second kappa shape index (κ2) is 8.30. The summed E-state index contributed by atoms with van der Waals surface area (Å²) in [6.45, 7) is 0.705. The second-order valence-electron chi connectivity index (χ2n) is 7.22. The van der Waals surface area contributed by atoms with E-state index in [2.05, 4.69) is 5.10 Å². The fraction of sp³-hybridized carbons (Fsp3) is 0.174. The van der Waals surface area contributed by atoms with Crippen molar-refractivity contribution in [3.05, 3.63) is 78.5 Å². The maximum atomic E-state index is 11.4. The Morgan fingerprint density at radius 3 is 2.73 bits per heavy atom. The molecule has 0 aliphatic carbocycles. The first kappa shape index (κ1) is 20.1. The van der Waals surface area contributed by atoms with E-state index >= 15 is 0 Å². The second-order valence-corrected chi connectivity index (χ2v) is 9.48. The van der Waals surface area contributed by atoms with Gasteiger partial charge < -0.3 is 14.4 Å². The van der Waals surface area contributed by atoms with E-state index in [-0.39, 0.29) is 11.5 Å². The van der Waals surface area contributed by atoms with Crippen LogP contribution in [0.2, 0.25) is 0 Å². The highest BCUT2D eigenvalue weighted by Gasteiger charge is 2.10. The molecule has 0 aliphatic rings. The van der Waals surface area contributed by atoms with Crippen LogP contribution in [0, 0.1) is 0 Å². The number of benzene rings is 3. The van der Waals surface area contributed by atoms with Crippen molar-refractivity contribution in [1.29, 1.82) is 0 Å². The van der Waals surface area contributed by atoms with Gasteiger partial charge in [-0.1, -0.05) is 36.4 Å². The van der Waals surface area contributed by atoms with Crippen molar-refractivity contribution >= 4 is 21.1 Å². The van der Waals surface area contributed by atoms with Crippen molar-refractivity contribution in [2.75, 3.05) is 12.0 Å². The maximum absolute atomic E-state index is 11.4. The van der Waals surface area contributed by atoms with Crippen LogP contribution in [-0.2, 0) is 27.6 Å². The maximum Gasteiger partial charge on any atom is 0.128 e. The van der Waals surface area contributed by atoms with Crippen molar-refractivity contribution in [2.24, 2.45) is 0 Å². The standard InChI is InChI=1S/C23H22N2O4S/c1-30(27,28)12-11-25-22-10-9-20(14-19(22)15-24-25)29-16-17-5-4-6-18(13-17)21-7-2-3-8-23(21)26/h2-10,13-15H,11-12,16H2,1H3,(H-,26,27,28). The Kier molecular flexibility index (Phi) is 5.57. The molecular formula is C23H22N2O4S. The Labute approximate surface area is 176 Å². The molecule has 1 heterocycles. The molecule has 0 bridgehead atoms. The summed E-state index contributed by atoms with van der Waals surface area (Å²) in [5.74, 6) is 1.00. The van der Waals surface area contributed by atoms with Crippen molar-refractivity contribution in [2.45, 2.75) is 13.2 Å². The van der Waals surface area contributed by atoms with Gasteiger partial charge in [0, 0.05) is 21.2 Å². The summed E-state index contributed by atoms with van der Waals surface area (Å²) in [5, 5.41) is 15.3. The average molecular weight is 423 g/mol. The fourth-order valence-corrected chi connectivity index (χ4v) is 3.80. The Bertz CT molecular complexity index is 1230. The number of para-hydroxylation sites is 1. The van der Waals surface area contributed by atoms with Crippen LogP contribution in [0.5, 0.6) is 11.5 Å². The summed E-state index contributed by atoms with van der Waals surface area (Å²) in [6, 6.07) is 20.7. The molecular weight excluding hydrogens is 400 g/mol. The van der Waals surface area contributed by atoms with E-state index in [9.17, 15) is 13.9 Å². The van der Waals surface area contributed by atoms with Gasteiger partial charge in [-0.05, 0) is 41.5 Å². The number of phenols is 1. The van der Waals surface area contributed by atoms with Gasteiger partial charge in [0.15, 0.2) is 0 Å². The van der Waals surface area contributed by atoms with Crippen molar-refractivity contribution in [1.82, 2.24) is 9.78 Å². The number of fused-ring (bicyclic) bond motifs is 1. The number of hydrogen-bond donors (Lipinski definition) is 1. The number of nitrogens with zero attached hydrogens (tertiary/aromatic N) is 2. The van der Waals surface area contributed by atoms with E-state index in [1.165, 1.54) is 6.26 Å². The van der Waals surface area contributed by atoms with Crippen LogP contribution in [0.1, 0.15) is 5.56 Å². The van der Waals surface area contributed by atoms with Crippen LogP contribution in [0.3, 0.4) is 0 Å². The Hall–Kier alpha value is -3.16. The van der Waals surface area contributed by atoms with E-state index in [0.29, 0.717) is 18.9 Å². The van der Waals surface area contributed by atoms with E-state index in [1.54, 1.807) is 23.0 Å². The van der Waals surface area contributed by atoms with Gasteiger partial charge >= 0.3 is 0 Å². The zero-order valence-electron chi connectivity index (χ0n) is 16.5. The molecule has 0 aliphatic heterocycles. The zero-order chi connectivity index (χ0) is 21.1. The third kappa shape index (κ3) is 4.69. The van der Waals surface area contributed by atoms with Gasteiger partial charge in [-0.3, -0.25) is 4.68 Å². The highest BCUT2D eigenvalue weighted by molar-refractivity contribution is 7.96. The summed E-state index contributed by atoms with van der Waals surface area (Å²) in [6.07, 6.45) is 2.93. The topological polar surface area (TPSA) is 87.4 Å². The van der Waals surface area contributed by atoms with Crippen LogP contribution >= 0.6 is 0 Å². The Balaban J connectivity index is 1.47. The Morgan fingerprint density at radius 2 is 1.93 bits per heavy atom. The lowest BCUT2D eigenvalue weighted by Crippen LogP contribution is -2.17. The fourth-order valence-electron chi connectivity index (χ4n) is 3.30. The summed E-state index contributed by atoms with van der Waals surface area (Å²) >= 11 is 0. The highest BCUT2D eigenvalue weighted by atomic mass is 32.3. The smallest absolute Gasteiger partial charge is 0.128 e. The minimum Gasteiger partial charge on any atom is -0.615 e. The van der Waals surface area contributed by atoms with E-state index in [1.807, 2.05) is 54.6 Å². The van der Waals surface area contributed by atoms with Gasteiger partial charge in [0.2, 0.25) is 0 Å². The molecule has 0 fully saturated rings. The Morgan fingerprint density at radius 1 is 1.10 bits per heavy atom. The van der Waals surface area contributed by atoms with Gasteiger partial charge in [0.25, 0.3) is 0 Å². The van der Waals surface area contributed by atoms with Gasteiger partial charge in [-0.15, -0.1) is 4.21 Å². The molecule has 4 rings (SSSR count). The van der Waals surface area contributed by atoms with Crippen LogP contribution in [-0.4, -0.2) is 31.4 Å². The van der Waals surface area contributed by atoms with E-state index < -0.39 is 10.2 Å². The molecule has 0 radical (unpaired) electrons. The number of sulfone groups is 1. The van der Waals surface area contributed by atoms with Gasteiger partial charge in [0.1, 0.15) is 23.9 Å². The third-order valence-corrected chi connectivity index (χ3v) is 5.76. The minimum atomic E-state index is -3.04. The molecule has 6 nitrogen and oxygen atoms in total. The molecule has 0 saturated heterocycles. The van der Waals surface area contributed by atoms with Crippen molar-refractivity contribution in [3.8, 4) is 22.6 Å². The van der Waals surface area contributed by atoms with Crippen molar-refractivity contribution < 1.29 is 18.6 Å². The zero-order valence-corrected chi connectivity index (χ0v) is 17.3. The molecule has 4 aromatic rings. The van der Waals surface area contributed by atoms with Crippen LogP contribution in [0.15, 0.2) is 72.9 Å². The third-order valence-electron chi connectivity index (χ3n) is 4.83. The van der Waals surface area contributed by atoms with Crippen LogP contribution in [0.25, 0.3) is 22.0 Å². The number of rotatable bonds is 7. The molecule has 0 amide bonds.